The normalized spacial score (nSPS) is 11.3. The summed E-state index contributed by atoms with van der Waals surface area (Å²) in [5.41, 5.74) is 1.37. The maximum absolute atomic E-state index is 11.3. The quantitative estimate of drug-likeness (QED) is 0.589. The van der Waals surface area contributed by atoms with Crippen LogP contribution in [0.3, 0.4) is 0 Å². The van der Waals surface area contributed by atoms with Crippen molar-refractivity contribution < 1.29 is 13.2 Å². The van der Waals surface area contributed by atoms with Crippen molar-refractivity contribution in [2.75, 3.05) is 5.75 Å². The highest BCUT2D eigenvalue weighted by molar-refractivity contribution is 8.14. The Labute approximate surface area is 87.1 Å². The Morgan fingerprint density at radius 1 is 1.29 bits per heavy atom. The second-order valence-electron chi connectivity index (χ2n) is 2.97. The van der Waals surface area contributed by atoms with Gasteiger partial charge in [0, 0.05) is 16.2 Å². The number of ketones is 1. The summed E-state index contributed by atoms with van der Waals surface area (Å²) in [7, 11) is 1.20. The van der Waals surface area contributed by atoms with Crippen molar-refractivity contribution >= 4 is 25.5 Å². The van der Waals surface area contributed by atoms with Crippen LogP contribution in [0, 0.1) is 6.92 Å². The van der Waals surface area contributed by atoms with Crippen molar-refractivity contribution in [1.82, 2.24) is 0 Å². The second-order valence-corrected chi connectivity index (χ2v) is 5.75. The lowest BCUT2D eigenvalue weighted by Crippen LogP contribution is -2.11. The average molecular weight is 233 g/mol. The van der Waals surface area contributed by atoms with Gasteiger partial charge in [0.15, 0.2) is 5.78 Å². The highest BCUT2D eigenvalue weighted by Gasteiger charge is 2.14. The summed E-state index contributed by atoms with van der Waals surface area (Å²) in [6, 6.07) is 6.65. The monoisotopic (exact) mass is 232 g/mol. The van der Waals surface area contributed by atoms with Gasteiger partial charge in [0.25, 0.3) is 0 Å². The van der Waals surface area contributed by atoms with Gasteiger partial charge in [0.2, 0.25) is 9.05 Å². The van der Waals surface area contributed by atoms with Crippen LogP contribution in [0.1, 0.15) is 15.9 Å². The van der Waals surface area contributed by atoms with Crippen molar-refractivity contribution in [2.45, 2.75) is 6.92 Å². The van der Waals surface area contributed by atoms with E-state index >= 15 is 0 Å². The van der Waals surface area contributed by atoms with Crippen LogP contribution in [-0.2, 0) is 9.05 Å². The van der Waals surface area contributed by atoms with Gasteiger partial charge in [0.1, 0.15) is 5.75 Å². The van der Waals surface area contributed by atoms with Gasteiger partial charge in [0.05, 0.1) is 0 Å². The molecule has 0 unspecified atom stereocenters. The van der Waals surface area contributed by atoms with Crippen molar-refractivity contribution in [3.05, 3.63) is 35.4 Å². The van der Waals surface area contributed by atoms with Crippen molar-refractivity contribution in [3.8, 4) is 0 Å². The number of aryl methyl sites for hydroxylation is 1. The maximum atomic E-state index is 11.3. The average Bonchev–Trinajstić information content (AvgIpc) is 2.02. The Hall–Kier alpha value is -0.870. The molecule has 5 heteroatoms. The minimum Gasteiger partial charge on any atom is -0.293 e. The molecule has 0 saturated heterocycles. The molecule has 1 aromatic rings. The molecular weight excluding hydrogens is 224 g/mol. The van der Waals surface area contributed by atoms with E-state index in [0.29, 0.717) is 5.56 Å². The fourth-order valence-electron chi connectivity index (χ4n) is 0.979. The van der Waals surface area contributed by atoms with Crippen LogP contribution in [0.2, 0.25) is 0 Å². The first-order valence-corrected chi connectivity index (χ1v) is 6.38. The minimum atomic E-state index is -3.76. The topological polar surface area (TPSA) is 51.2 Å². The van der Waals surface area contributed by atoms with E-state index in [2.05, 4.69) is 0 Å². The zero-order chi connectivity index (χ0) is 10.8. The van der Waals surface area contributed by atoms with Crippen LogP contribution in [-0.4, -0.2) is 20.0 Å². The number of benzene rings is 1. The number of halogens is 1. The molecule has 0 aliphatic carbocycles. The Morgan fingerprint density at radius 2 is 1.79 bits per heavy atom. The van der Waals surface area contributed by atoms with E-state index in [9.17, 15) is 13.2 Å². The molecular formula is C9H9ClO3S. The number of rotatable bonds is 3. The summed E-state index contributed by atoms with van der Waals surface area (Å²) in [5, 5.41) is 0. The van der Waals surface area contributed by atoms with Crippen LogP contribution in [0.15, 0.2) is 24.3 Å². The number of Topliss-reactive ketones (excluding diaryl/α,β-unsaturated/α-hetero) is 1. The highest BCUT2D eigenvalue weighted by Crippen LogP contribution is 2.07. The third kappa shape index (κ3) is 3.47. The molecule has 0 fully saturated rings. The highest BCUT2D eigenvalue weighted by atomic mass is 35.7. The van der Waals surface area contributed by atoms with Gasteiger partial charge in [-0.05, 0) is 6.92 Å². The fourth-order valence-corrected chi connectivity index (χ4v) is 1.76. The predicted molar refractivity (Wildman–Crippen MR) is 55.1 cm³/mol. The van der Waals surface area contributed by atoms with Crippen molar-refractivity contribution in [1.29, 1.82) is 0 Å². The third-order valence-corrected chi connectivity index (χ3v) is 2.61. The number of hydrogen-bond donors (Lipinski definition) is 0. The van der Waals surface area contributed by atoms with Gasteiger partial charge < -0.3 is 0 Å². The Bertz CT molecular complexity index is 434. The summed E-state index contributed by atoms with van der Waals surface area (Å²) in [6.45, 7) is 1.88. The zero-order valence-electron chi connectivity index (χ0n) is 7.53. The SMILES string of the molecule is Cc1ccc(C(=O)CS(=O)(=O)Cl)cc1. The first-order chi connectivity index (χ1) is 6.38. The lowest BCUT2D eigenvalue weighted by atomic mass is 10.1. The van der Waals surface area contributed by atoms with E-state index in [0.717, 1.165) is 5.56 Å². The Balaban J connectivity index is 2.86. The summed E-state index contributed by atoms with van der Waals surface area (Å²) < 4.78 is 21.3. The van der Waals surface area contributed by atoms with Crippen LogP contribution < -0.4 is 0 Å². The van der Waals surface area contributed by atoms with Crippen LogP contribution in [0.25, 0.3) is 0 Å². The summed E-state index contributed by atoms with van der Waals surface area (Å²) in [5.74, 6) is -1.14. The first kappa shape index (κ1) is 11.2. The van der Waals surface area contributed by atoms with E-state index in [-0.39, 0.29) is 0 Å². The smallest absolute Gasteiger partial charge is 0.240 e. The molecule has 0 bridgehead atoms. The van der Waals surface area contributed by atoms with E-state index < -0.39 is 20.6 Å². The number of hydrogen-bond acceptors (Lipinski definition) is 3. The molecule has 0 heterocycles. The molecule has 0 aliphatic heterocycles. The largest absolute Gasteiger partial charge is 0.293 e. The van der Waals surface area contributed by atoms with Crippen LogP contribution in [0.4, 0.5) is 0 Å². The van der Waals surface area contributed by atoms with Crippen LogP contribution in [0.5, 0.6) is 0 Å². The molecule has 76 valence electrons. The van der Waals surface area contributed by atoms with Crippen molar-refractivity contribution in [2.24, 2.45) is 0 Å². The Morgan fingerprint density at radius 3 is 2.21 bits per heavy atom. The van der Waals surface area contributed by atoms with Crippen molar-refractivity contribution in [3.63, 3.8) is 0 Å². The molecule has 0 atom stereocenters. The number of carbonyl (C=O) groups excluding carboxylic acids is 1. The molecule has 0 aromatic heterocycles. The standard InChI is InChI=1S/C9H9ClO3S/c1-7-2-4-8(5-3-7)9(11)6-14(10,12)13/h2-5H,6H2,1H3. The fraction of sp³-hybridized carbons (Fsp3) is 0.222. The Kier molecular flexibility index (Phi) is 3.29. The summed E-state index contributed by atoms with van der Waals surface area (Å²) in [4.78, 5) is 11.3. The predicted octanol–water partition coefficient (Wildman–Crippen LogP) is 1.75. The van der Waals surface area contributed by atoms with E-state index in [1.54, 1.807) is 24.3 Å². The third-order valence-electron chi connectivity index (χ3n) is 1.68. The van der Waals surface area contributed by atoms with Gasteiger partial charge >= 0.3 is 0 Å². The van der Waals surface area contributed by atoms with E-state index in [4.69, 9.17) is 10.7 Å². The molecule has 1 rings (SSSR count). The molecule has 0 radical (unpaired) electrons. The summed E-state index contributed by atoms with van der Waals surface area (Å²) in [6.07, 6.45) is 0. The number of carbonyl (C=O) groups is 1. The zero-order valence-corrected chi connectivity index (χ0v) is 9.10. The van der Waals surface area contributed by atoms with Gasteiger partial charge in [-0.3, -0.25) is 4.79 Å². The maximum Gasteiger partial charge on any atom is 0.240 e. The molecule has 14 heavy (non-hydrogen) atoms. The van der Waals surface area contributed by atoms with E-state index in [1.807, 2.05) is 6.92 Å². The lowest BCUT2D eigenvalue weighted by molar-refractivity contribution is 0.102. The van der Waals surface area contributed by atoms with Gasteiger partial charge in [-0.25, -0.2) is 8.42 Å². The van der Waals surface area contributed by atoms with Gasteiger partial charge in [-0.2, -0.15) is 0 Å². The van der Waals surface area contributed by atoms with Crippen LogP contribution >= 0.6 is 10.7 Å². The van der Waals surface area contributed by atoms with Gasteiger partial charge in [-0.1, -0.05) is 29.8 Å². The molecule has 0 saturated carbocycles. The molecule has 1 aromatic carbocycles. The minimum absolute atomic E-state index is 0.361. The van der Waals surface area contributed by atoms with E-state index in [1.165, 1.54) is 0 Å². The van der Waals surface area contributed by atoms with Gasteiger partial charge in [-0.15, -0.1) is 0 Å². The first-order valence-electron chi connectivity index (χ1n) is 3.91. The summed E-state index contributed by atoms with van der Waals surface area (Å²) >= 11 is 0. The molecule has 0 N–H and O–H groups in total. The molecule has 0 aliphatic rings. The molecule has 0 spiro atoms. The molecule has 3 nitrogen and oxygen atoms in total. The molecule has 0 amide bonds. The lowest BCUT2D eigenvalue weighted by Gasteiger charge is -1.98. The second kappa shape index (κ2) is 4.11.